The number of benzene rings is 8. The molecule has 10 aromatic rings. The van der Waals surface area contributed by atoms with E-state index in [4.69, 9.17) is 4.42 Å². The van der Waals surface area contributed by atoms with Crippen molar-refractivity contribution in [1.82, 2.24) is 0 Å². The van der Waals surface area contributed by atoms with E-state index in [-0.39, 0.29) is 17.7 Å². The summed E-state index contributed by atoms with van der Waals surface area (Å²) >= 11 is 1.88. The standard InChI is InChI=1S/C59H49BN2OS/c1-36-17-11-12-20-42(36)38-33-46-53-48(31-32-52-54(53)44-22-14-16-24-51(44)64-52)62(41-28-25-39(26-29-41)58(2,3)4)60-55(46)49(34-38)61(56-43-21-13-15-23-50(43)63-57(56)60)47-30-27-40(59(5,6)7)35-45(47)37-18-9-8-10-19-37/h8-35H,1-7H3. The summed E-state index contributed by atoms with van der Waals surface area (Å²) < 4.78 is 9.94. The first kappa shape index (κ1) is 38.8. The van der Waals surface area contributed by atoms with Gasteiger partial charge in [0.1, 0.15) is 11.2 Å². The van der Waals surface area contributed by atoms with Gasteiger partial charge in [-0.2, -0.15) is 0 Å². The Morgan fingerprint density at radius 3 is 1.95 bits per heavy atom. The summed E-state index contributed by atoms with van der Waals surface area (Å²) in [5.74, 6) is 0. The van der Waals surface area contributed by atoms with Gasteiger partial charge < -0.3 is 14.1 Å². The van der Waals surface area contributed by atoms with Crippen molar-refractivity contribution in [3.8, 4) is 33.4 Å². The molecule has 0 saturated carbocycles. The van der Waals surface area contributed by atoms with Crippen LogP contribution >= 0.6 is 11.3 Å². The Hall–Kier alpha value is -6.82. The van der Waals surface area contributed by atoms with Crippen LogP contribution in [-0.2, 0) is 10.8 Å². The maximum absolute atomic E-state index is 7.36. The highest BCUT2D eigenvalue weighted by atomic mass is 32.1. The van der Waals surface area contributed by atoms with Gasteiger partial charge in [0.15, 0.2) is 0 Å². The Morgan fingerprint density at radius 1 is 0.516 bits per heavy atom. The number of rotatable bonds is 4. The molecule has 0 amide bonds. The van der Waals surface area contributed by atoms with Gasteiger partial charge in [0, 0.05) is 53.7 Å². The zero-order chi connectivity index (χ0) is 43.6. The molecule has 0 fully saturated rings. The van der Waals surface area contributed by atoms with Crippen LogP contribution < -0.4 is 20.8 Å². The molecule has 3 nitrogen and oxygen atoms in total. The van der Waals surface area contributed by atoms with Crippen LogP contribution in [0, 0.1) is 6.92 Å². The molecule has 5 heteroatoms. The minimum absolute atomic E-state index is 0.0159. The maximum atomic E-state index is 7.36. The molecule has 0 spiro atoms. The van der Waals surface area contributed by atoms with Crippen molar-refractivity contribution >= 4 is 88.9 Å². The average Bonchev–Trinajstić information content (AvgIpc) is 3.88. The smallest absolute Gasteiger partial charge is 0.375 e. The third-order valence-corrected chi connectivity index (χ3v) is 14.8. The van der Waals surface area contributed by atoms with Gasteiger partial charge in [0.05, 0.1) is 11.4 Å². The van der Waals surface area contributed by atoms with Crippen LogP contribution in [0.1, 0.15) is 58.2 Å². The lowest BCUT2D eigenvalue weighted by molar-refractivity contribution is 0.590. The van der Waals surface area contributed by atoms with Crippen molar-refractivity contribution < 1.29 is 4.42 Å². The highest BCUT2D eigenvalue weighted by Crippen LogP contribution is 2.54. The largest absolute Gasteiger partial charge is 0.466 e. The van der Waals surface area contributed by atoms with Gasteiger partial charge in [-0.05, 0) is 129 Å². The van der Waals surface area contributed by atoms with Crippen LogP contribution in [0.2, 0.25) is 0 Å². The second-order valence-corrected chi connectivity index (χ2v) is 20.9. The molecule has 0 unspecified atom stereocenters. The molecule has 0 radical (unpaired) electrons. The fourth-order valence-corrected chi connectivity index (χ4v) is 11.6. The number of para-hydroxylation sites is 1. The molecule has 2 aliphatic heterocycles. The second kappa shape index (κ2) is 14.1. The zero-order valence-electron chi connectivity index (χ0n) is 37.5. The lowest BCUT2D eigenvalue weighted by Crippen LogP contribution is -2.61. The number of thiophene rings is 1. The summed E-state index contributed by atoms with van der Waals surface area (Å²) in [7, 11) is 0. The van der Waals surface area contributed by atoms with E-state index in [1.54, 1.807) is 0 Å². The Morgan fingerprint density at radius 2 is 1.19 bits per heavy atom. The van der Waals surface area contributed by atoms with Crippen molar-refractivity contribution in [2.45, 2.75) is 59.3 Å². The summed E-state index contributed by atoms with van der Waals surface area (Å²) in [6.45, 7) is 15.8. The summed E-state index contributed by atoms with van der Waals surface area (Å²) in [6, 6.07) is 63.5. The van der Waals surface area contributed by atoms with Crippen molar-refractivity contribution in [3.63, 3.8) is 0 Å². The van der Waals surface area contributed by atoms with E-state index < -0.39 is 0 Å². The fraction of sp³-hybridized carbons (Fsp3) is 0.153. The Labute approximate surface area is 380 Å². The van der Waals surface area contributed by atoms with Gasteiger partial charge in [-0.25, -0.2) is 0 Å². The van der Waals surface area contributed by atoms with Gasteiger partial charge in [-0.3, -0.25) is 0 Å². The molecule has 0 saturated heterocycles. The number of anilines is 5. The molecule has 310 valence electrons. The van der Waals surface area contributed by atoms with E-state index in [0.717, 1.165) is 33.7 Å². The van der Waals surface area contributed by atoms with Gasteiger partial charge in [-0.1, -0.05) is 145 Å². The van der Waals surface area contributed by atoms with Crippen molar-refractivity contribution in [2.75, 3.05) is 9.71 Å². The van der Waals surface area contributed by atoms with E-state index in [1.165, 1.54) is 87.1 Å². The molecule has 12 rings (SSSR count). The Balaban J connectivity index is 1.27. The predicted molar refractivity (Wildman–Crippen MR) is 276 cm³/mol. The number of nitrogens with zero attached hydrogens (tertiary/aromatic N) is 2. The predicted octanol–water partition coefficient (Wildman–Crippen LogP) is 15.7. The molecular weight excluding hydrogens is 796 g/mol. The first-order valence-corrected chi connectivity index (χ1v) is 23.4. The SMILES string of the molecule is Cc1ccccc1-c1cc2c3c(c1)N(c1ccc(C(C)(C)C)cc1-c1ccccc1)c1c(oc4ccccc14)B3N(c1ccc(C(C)(C)C)cc1)c1ccc3sc4ccccc4c3c1-2. The maximum Gasteiger partial charge on any atom is 0.375 e. The number of aryl methyl sites for hydroxylation is 1. The average molecular weight is 845 g/mol. The van der Waals surface area contributed by atoms with Gasteiger partial charge >= 0.3 is 6.85 Å². The monoisotopic (exact) mass is 844 g/mol. The quantitative estimate of drug-likeness (QED) is 0.165. The minimum Gasteiger partial charge on any atom is -0.466 e. The van der Waals surface area contributed by atoms with Crippen LogP contribution in [0.4, 0.5) is 28.4 Å². The van der Waals surface area contributed by atoms with Gasteiger partial charge in [0.25, 0.3) is 0 Å². The van der Waals surface area contributed by atoms with E-state index >= 15 is 0 Å². The lowest BCUT2D eigenvalue weighted by atomic mass is 9.45. The number of hydrogen-bond acceptors (Lipinski definition) is 4. The van der Waals surface area contributed by atoms with Crippen LogP contribution in [0.25, 0.3) is 64.5 Å². The molecule has 8 aromatic carbocycles. The molecule has 64 heavy (non-hydrogen) atoms. The van der Waals surface area contributed by atoms with Crippen LogP contribution in [0.3, 0.4) is 0 Å². The van der Waals surface area contributed by atoms with Crippen molar-refractivity contribution in [1.29, 1.82) is 0 Å². The number of fused-ring (bicyclic) bond motifs is 10. The number of hydrogen-bond donors (Lipinski definition) is 0. The van der Waals surface area contributed by atoms with Gasteiger partial charge in [-0.15, -0.1) is 11.3 Å². The third kappa shape index (κ3) is 5.87. The molecule has 0 aliphatic carbocycles. The highest BCUT2D eigenvalue weighted by Gasteiger charge is 2.49. The number of furan rings is 1. The zero-order valence-corrected chi connectivity index (χ0v) is 38.3. The fourth-order valence-electron chi connectivity index (χ4n) is 10.5. The van der Waals surface area contributed by atoms with Crippen molar-refractivity contribution in [3.05, 3.63) is 187 Å². The Kier molecular flexibility index (Phi) is 8.55. The molecule has 2 aliphatic rings. The summed E-state index contributed by atoms with van der Waals surface area (Å²) in [6.07, 6.45) is 0. The lowest BCUT2D eigenvalue weighted by Gasteiger charge is -2.44. The first-order valence-electron chi connectivity index (χ1n) is 22.5. The summed E-state index contributed by atoms with van der Waals surface area (Å²) in [4.78, 5) is 5.15. The molecular formula is C59H49BN2OS. The summed E-state index contributed by atoms with van der Waals surface area (Å²) in [5.41, 5.74) is 19.9. The Bertz CT molecular complexity index is 3490. The van der Waals surface area contributed by atoms with Crippen LogP contribution in [-0.4, -0.2) is 6.85 Å². The molecule has 4 heterocycles. The van der Waals surface area contributed by atoms with Crippen LogP contribution in [0.5, 0.6) is 0 Å². The molecule has 2 aromatic heterocycles. The first-order chi connectivity index (χ1) is 30.9. The normalized spacial score (nSPS) is 13.5. The van der Waals surface area contributed by atoms with E-state index in [2.05, 4.69) is 228 Å². The summed E-state index contributed by atoms with van der Waals surface area (Å²) in [5, 5.41) is 3.69. The second-order valence-electron chi connectivity index (χ2n) is 19.8. The van der Waals surface area contributed by atoms with Crippen molar-refractivity contribution in [2.24, 2.45) is 0 Å². The molecule has 0 atom stereocenters. The van der Waals surface area contributed by atoms with E-state index in [9.17, 15) is 0 Å². The molecule has 0 N–H and O–H groups in total. The third-order valence-electron chi connectivity index (χ3n) is 13.7. The topological polar surface area (TPSA) is 19.6 Å². The molecule has 0 bridgehead atoms. The minimum atomic E-state index is -0.265. The van der Waals surface area contributed by atoms with E-state index in [0.29, 0.717) is 0 Å². The van der Waals surface area contributed by atoms with Crippen LogP contribution in [0.15, 0.2) is 174 Å². The highest BCUT2D eigenvalue weighted by molar-refractivity contribution is 7.26. The van der Waals surface area contributed by atoms with Gasteiger partial charge in [0.2, 0.25) is 0 Å². The van der Waals surface area contributed by atoms with E-state index in [1.807, 2.05) is 11.3 Å².